The number of aliphatic hydroxyl groups excluding tert-OH is 1. The molecule has 1 unspecified atom stereocenters. The Morgan fingerprint density at radius 1 is 1.58 bits per heavy atom. The van der Waals surface area contributed by atoms with Crippen molar-refractivity contribution < 1.29 is 9.90 Å². The quantitative estimate of drug-likeness (QED) is 0.687. The Morgan fingerprint density at radius 2 is 2.17 bits per heavy atom. The molecule has 0 heterocycles. The van der Waals surface area contributed by atoms with E-state index in [-0.39, 0.29) is 11.7 Å². The van der Waals surface area contributed by atoms with E-state index in [1.165, 1.54) is 0 Å². The number of hydrogen-bond acceptors (Lipinski definition) is 2. The summed E-state index contributed by atoms with van der Waals surface area (Å²) in [6.07, 6.45) is 1.42. The summed E-state index contributed by atoms with van der Waals surface area (Å²) in [4.78, 5) is 11.2. The van der Waals surface area contributed by atoms with Gasteiger partial charge in [-0.15, -0.1) is 0 Å². The molecule has 2 nitrogen and oxygen atoms in total. The van der Waals surface area contributed by atoms with Crippen molar-refractivity contribution in [3.05, 3.63) is 11.3 Å². The second kappa shape index (κ2) is 3.30. The molecule has 0 aromatic carbocycles. The smallest absolute Gasteiger partial charge is 0.162 e. The Labute approximate surface area is 73.3 Å². The van der Waals surface area contributed by atoms with E-state index in [0.29, 0.717) is 23.7 Å². The molecule has 0 radical (unpaired) electrons. The lowest BCUT2D eigenvalue weighted by Gasteiger charge is -2.11. The van der Waals surface area contributed by atoms with Gasteiger partial charge >= 0.3 is 0 Å². The third-order valence-corrected chi connectivity index (χ3v) is 2.38. The standard InChI is InChI=1S/C10H16O2/c1-6(2)4-8-5-9(11)7(3)10(8)12/h6,8,12H,4-5H2,1-3H3. The van der Waals surface area contributed by atoms with Gasteiger partial charge in [-0.05, 0) is 19.3 Å². The van der Waals surface area contributed by atoms with Crippen molar-refractivity contribution in [3.63, 3.8) is 0 Å². The van der Waals surface area contributed by atoms with E-state index < -0.39 is 0 Å². The van der Waals surface area contributed by atoms with Crippen molar-refractivity contribution >= 4 is 5.78 Å². The maximum absolute atomic E-state index is 11.2. The molecular weight excluding hydrogens is 152 g/mol. The zero-order chi connectivity index (χ0) is 9.30. The first-order chi connectivity index (χ1) is 5.52. The second-order valence-corrected chi connectivity index (χ2v) is 3.96. The van der Waals surface area contributed by atoms with Gasteiger partial charge in [-0.2, -0.15) is 0 Å². The van der Waals surface area contributed by atoms with Crippen LogP contribution >= 0.6 is 0 Å². The largest absolute Gasteiger partial charge is 0.512 e. The van der Waals surface area contributed by atoms with Gasteiger partial charge < -0.3 is 5.11 Å². The van der Waals surface area contributed by atoms with E-state index >= 15 is 0 Å². The van der Waals surface area contributed by atoms with Gasteiger partial charge in [0.05, 0.1) is 0 Å². The third kappa shape index (κ3) is 1.68. The van der Waals surface area contributed by atoms with Crippen molar-refractivity contribution in [1.29, 1.82) is 0 Å². The molecule has 1 aliphatic rings. The lowest BCUT2D eigenvalue weighted by atomic mass is 9.95. The maximum atomic E-state index is 11.2. The van der Waals surface area contributed by atoms with Gasteiger partial charge in [0.15, 0.2) is 5.78 Å². The zero-order valence-electron chi connectivity index (χ0n) is 7.92. The minimum absolute atomic E-state index is 0.0949. The number of Topliss-reactive ketones (excluding diaryl/α,β-unsaturated/α-hetero) is 1. The normalized spacial score (nSPS) is 24.3. The summed E-state index contributed by atoms with van der Waals surface area (Å²) in [5.74, 6) is 1.07. The van der Waals surface area contributed by atoms with Crippen LogP contribution in [0.4, 0.5) is 0 Å². The van der Waals surface area contributed by atoms with Crippen molar-refractivity contribution in [2.45, 2.75) is 33.6 Å². The highest BCUT2D eigenvalue weighted by atomic mass is 16.3. The predicted octanol–water partition coefficient (Wildman–Crippen LogP) is 2.45. The van der Waals surface area contributed by atoms with Crippen molar-refractivity contribution in [3.8, 4) is 0 Å². The van der Waals surface area contributed by atoms with Gasteiger partial charge in [-0.1, -0.05) is 13.8 Å². The van der Waals surface area contributed by atoms with Crippen molar-refractivity contribution in [1.82, 2.24) is 0 Å². The predicted molar refractivity (Wildman–Crippen MR) is 47.9 cm³/mol. The summed E-state index contributed by atoms with van der Waals surface area (Å²) in [5.41, 5.74) is 0.570. The Morgan fingerprint density at radius 3 is 2.50 bits per heavy atom. The van der Waals surface area contributed by atoms with Crippen LogP contribution in [-0.4, -0.2) is 10.9 Å². The molecule has 68 valence electrons. The van der Waals surface area contributed by atoms with Crippen LogP contribution in [0.15, 0.2) is 11.3 Å². The molecule has 1 atom stereocenters. The highest BCUT2D eigenvalue weighted by Crippen LogP contribution is 2.31. The van der Waals surface area contributed by atoms with Crippen LogP contribution in [0, 0.1) is 11.8 Å². The van der Waals surface area contributed by atoms with Crippen LogP contribution < -0.4 is 0 Å². The topological polar surface area (TPSA) is 37.3 Å². The molecule has 0 saturated carbocycles. The fourth-order valence-electron chi connectivity index (χ4n) is 1.69. The van der Waals surface area contributed by atoms with Gasteiger partial charge in [0.1, 0.15) is 5.76 Å². The number of hydrogen-bond donors (Lipinski definition) is 1. The Bertz CT molecular complexity index is 226. The van der Waals surface area contributed by atoms with Gasteiger partial charge in [-0.3, -0.25) is 4.79 Å². The number of allylic oxidation sites excluding steroid dienone is 2. The van der Waals surface area contributed by atoms with Crippen LogP contribution in [-0.2, 0) is 4.79 Å². The van der Waals surface area contributed by atoms with Gasteiger partial charge in [0.2, 0.25) is 0 Å². The van der Waals surface area contributed by atoms with Crippen LogP contribution in [0.1, 0.15) is 33.6 Å². The average Bonchev–Trinajstić information content (AvgIpc) is 2.17. The fraction of sp³-hybridized carbons (Fsp3) is 0.700. The minimum Gasteiger partial charge on any atom is -0.512 e. The number of ketones is 1. The summed E-state index contributed by atoms with van der Waals surface area (Å²) in [6.45, 7) is 5.91. The van der Waals surface area contributed by atoms with E-state index in [9.17, 15) is 9.90 Å². The lowest BCUT2D eigenvalue weighted by molar-refractivity contribution is -0.115. The molecule has 0 amide bonds. The highest BCUT2D eigenvalue weighted by molar-refractivity contribution is 5.98. The molecule has 2 heteroatoms. The van der Waals surface area contributed by atoms with Crippen molar-refractivity contribution in [2.75, 3.05) is 0 Å². The van der Waals surface area contributed by atoms with E-state index in [0.717, 1.165) is 6.42 Å². The van der Waals surface area contributed by atoms with Crippen LogP contribution in [0.2, 0.25) is 0 Å². The van der Waals surface area contributed by atoms with Crippen molar-refractivity contribution in [2.24, 2.45) is 11.8 Å². The molecule has 0 aromatic heterocycles. The molecule has 12 heavy (non-hydrogen) atoms. The molecule has 1 N–H and O–H groups in total. The monoisotopic (exact) mass is 168 g/mol. The molecular formula is C10H16O2. The van der Waals surface area contributed by atoms with Gasteiger partial charge in [0, 0.05) is 17.9 Å². The molecule has 1 rings (SSSR count). The second-order valence-electron chi connectivity index (χ2n) is 3.96. The highest BCUT2D eigenvalue weighted by Gasteiger charge is 2.29. The summed E-state index contributed by atoms with van der Waals surface area (Å²) >= 11 is 0. The summed E-state index contributed by atoms with van der Waals surface area (Å²) in [6, 6.07) is 0. The number of aliphatic hydroxyl groups is 1. The summed E-state index contributed by atoms with van der Waals surface area (Å²) in [7, 11) is 0. The van der Waals surface area contributed by atoms with Crippen LogP contribution in [0.3, 0.4) is 0 Å². The molecule has 0 spiro atoms. The first-order valence-corrected chi connectivity index (χ1v) is 4.45. The van der Waals surface area contributed by atoms with Gasteiger partial charge in [0.25, 0.3) is 0 Å². The summed E-state index contributed by atoms with van der Waals surface area (Å²) in [5, 5.41) is 9.54. The molecule has 0 bridgehead atoms. The first kappa shape index (κ1) is 9.30. The number of carbonyl (C=O) groups is 1. The van der Waals surface area contributed by atoms with Crippen LogP contribution in [0.25, 0.3) is 0 Å². The number of carbonyl (C=O) groups excluding carboxylic acids is 1. The molecule has 0 aliphatic heterocycles. The Kier molecular flexibility index (Phi) is 2.55. The molecule has 0 fully saturated rings. The molecule has 0 saturated heterocycles. The van der Waals surface area contributed by atoms with E-state index in [1.54, 1.807) is 6.92 Å². The lowest BCUT2D eigenvalue weighted by Crippen LogP contribution is -2.04. The zero-order valence-corrected chi connectivity index (χ0v) is 7.92. The SMILES string of the molecule is CC1=C(O)C(CC(C)C)CC1=O. The molecule has 1 aliphatic carbocycles. The summed E-state index contributed by atoms with van der Waals surface area (Å²) < 4.78 is 0. The van der Waals surface area contributed by atoms with Crippen LogP contribution in [0.5, 0.6) is 0 Å². The number of rotatable bonds is 2. The third-order valence-electron chi connectivity index (χ3n) is 2.38. The maximum Gasteiger partial charge on any atom is 0.162 e. The van der Waals surface area contributed by atoms with E-state index in [4.69, 9.17) is 0 Å². The first-order valence-electron chi connectivity index (χ1n) is 4.45. The average molecular weight is 168 g/mol. The molecule has 0 aromatic rings. The van der Waals surface area contributed by atoms with Gasteiger partial charge in [-0.25, -0.2) is 0 Å². The van der Waals surface area contributed by atoms with E-state index in [1.807, 2.05) is 0 Å². The Hall–Kier alpha value is -0.790. The Balaban J connectivity index is 2.67. The minimum atomic E-state index is 0.0949. The fourth-order valence-corrected chi connectivity index (χ4v) is 1.69. The van der Waals surface area contributed by atoms with E-state index in [2.05, 4.69) is 13.8 Å².